The first-order chi connectivity index (χ1) is 18.8. The zero-order valence-corrected chi connectivity index (χ0v) is 22.8. The first-order valence-corrected chi connectivity index (χ1v) is 14.3. The van der Waals surface area contributed by atoms with Crippen molar-refractivity contribution >= 4 is 28.7 Å². The number of rotatable bonds is 10. The average molecular weight is 563 g/mol. The molecular formula is C26H32F2N6O4S. The summed E-state index contributed by atoms with van der Waals surface area (Å²) in [5.74, 6) is -1.03. The second-order valence-electron chi connectivity index (χ2n) is 10.7. The number of thioether (sulfide) groups is 1. The number of aliphatic hydroxyl groups is 1. The zero-order valence-electron chi connectivity index (χ0n) is 22.0. The molecule has 6 atom stereocenters. The van der Waals surface area contributed by atoms with Crippen LogP contribution in [0, 0.1) is 11.6 Å². The van der Waals surface area contributed by atoms with Crippen LogP contribution in [-0.2, 0) is 14.2 Å². The van der Waals surface area contributed by atoms with Crippen LogP contribution in [0.3, 0.4) is 0 Å². The Labute approximate surface area is 228 Å². The Morgan fingerprint density at radius 2 is 2.00 bits per heavy atom. The van der Waals surface area contributed by atoms with Crippen LogP contribution in [0.25, 0.3) is 11.2 Å². The highest BCUT2D eigenvalue weighted by Crippen LogP contribution is 2.46. The molecule has 2 unspecified atom stereocenters. The van der Waals surface area contributed by atoms with Gasteiger partial charge < -0.3 is 24.6 Å². The minimum atomic E-state index is -0.853. The number of halogens is 2. The predicted octanol–water partition coefficient (Wildman–Crippen LogP) is 3.81. The molecule has 10 nitrogen and oxygen atoms in total. The highest BCUT2D eigenvalue weighted by molar-refractivity contribution is 7.99. The molecule has 0 bridgehead atoms. The summed E-state index contributed by atoms with van der Waals surface area (Å²) in [5.41, 5.74) is 1.85. The lowest BCUT2D eigenvalue weighted by atomic mass is 10.1. The van der Waals surface area contributed by atoms with Crippen LogP contribution in [-0.4, -0.2) is 79.2 Å². The van der Waals surface area contributed by atoms with Gasteiger partial charge in [-0.25, -0.2) is 23.4 Å². The predicted molar refractivity (Wildman–Crippen MR) is 140 cm³/mol. The summed E-state index contributed by atoms with van der Waals surface area (Å²) < 4.78 is 47.4. The van der Waals surface area contributed by atoms with E-state index in [1.165, 1.54) is 6.07 Å². The highest BCUT2D eigenvalue weighted by atomic mass is 32.2. The molecule has 2 N–H and O–H groups in total. The van der Waals surface area contributed by atoms with E-state index in [1.807, 2.05) is 13.8 Å². The molecule has 3 aliphatic rings. The number of nitrogens with one attached hydrogen (secondary N) is 1. The summed E-state index contributed by atoms with van der Waals surface area (Å²) in [7, 11) is 0. The number of aliphatic hydroxyl groups excluding tert-OH is 1. The van der Waals surface area contributed by atoms with Gasteiger partial charge in [0.15, 0.2) is 39.6 Å². The molecule has 3 aromatic rings. The Bertz CT molecular complexity index is 1360. The standard InChI is InChI=1S/C26H32F2N6O4S/c1-4-9-39-25-30-23(29-17-11-14(17)13-5-6-15(27)16(28)10-13)20-24(31-25)34(33-32-20)18-12-19(36-8-7-35)22-21(18)37-26(2,3)38-22/h5-6,10,14,17-19,21-22,35H,4,7-9,11-12H2,1-3H3,(H,29,30,31)/t14-,17?,18+,19-,21?,22+/m0/s1. The molecule has 3 heterocycles. The fourth-order valence-corrected chi connectivity index (χ4v) is 6.24. The molecule has 210 valence electrons. The van der Waals surface area contributed by atoms with Crippen LogP contribution >= 0.6 is 11.8 Å². The summed E-state index contributed by atoms with van der Waals surface area (Å²) >= 11 is 1.55. The summed E-state index contributed by atoms with van der Waals surface area (Å²) in [6.07, 6.45) is 1.38. The smallest absolute Gasteiger partial charge is 0.191 e. The van der Waals surface area contributed by atoms with Gasteiger partial charge in [-0.2, -0.15) is 0 Å². The maximum Gasteiger partial charge on any atom is 0.191 e. The van der Waals surface area contributed by atoms with Crippen LogP contribution in [0.2, 0.25) is 0 Å². The van der Waals surface area contributed by atoms with Gasteiger partial charge in [0, 0.05) is 24.1 Å². The molecule has 0 amide bonds. The van der Waals surface area contributed by atoms with Crippen molar-refractivity contribution in [2.45, 2.75) is 87.3 Å². The number of ether oxygens (including phenoxy) is 3. The molecule has 0 spiro atoms. The van der Waals surface area contributed by atoms with Gasteiger partial charge in [-0.05, 0) is 44.4 Å². The Morgan fingerprint density at radius 3 is 2.77 bits per heavy atom. The van der Waals surface area contributed by atoms with E-state index in [1.54, 1.807) is 22.5 Å². The largest absolute Gasteiger partial charge is 0.394 e. The lowest BCUT2D eigenvalue weighted by Gasteiger charge is -2.23. The first kappa shape index (κ1) is 26.8. The van der Waals surface area contributed by atoms with E-state index in [0.29, 0.717) is 28.6 Å². The van der Waals surface area contributed by atoms with Gasteiger partial charge in [-0.1, -0.05) is 30.0 Å². The van der Waals surface area contributed by atoms with Crippen molar-refractivity contribution in [2.24, 2.45) is 0 Å². The van der Waals surface area contributed by atoms with E-state index in [-0.39, 0.29) is 49.5 Å². The normalized spacial score (nSPS) is 29.2. The minimum absolute atomic E-state index is 0.00150. The van der Waals surface area contributed by atoms with Crippen molar-refractivity contribution < 1.29 is 28.1 Å². The van der Waals surface area contributed by atoms with Gasteiger partial charge in [-0.3, -0.25) is 0 Å². The van der Waals surface area contributed by atoms with Gasteiger partial charge in [-0.15, -0.1) is 5.10 Å². The molecule has 1 aromatic carbocycles. The average Bonchev–Trinajstić information content (AvgIpc) is 3.24. The number of aromatic nitrogens is 5. The Hall–Kier alpha value is -2.45. The highest BCUT2D eigenvalue weighted by Gasteiger charge is 2.56. The Kier molecular flexibility index (Phi) is 7.21. The number of anilines is 1. The summed E-state index contributed by atoms with van der Waals surface area (Å²) in [6, 6.07) is 3.80. The van der Waals surface area contributed by atoms with Crippen molar-refractivity contribution in [1.82, 2.24) is 25.0 Å². The van der Waals surface area contributed by atoms with Crippen molar-refractivity contribution in [1.29, 1.82) is 0 Å². The second kappa shape index (κ2) is 10.5. The van der Waals surface area contributed by atoms with Crippen LogP contribution in [0.5, 0.6) is 0 Å². The van der Waals surface area contributed by atoms with E-state index in [4.69, 9.17) is 24.2 Å². The third kappa shape index (κ3) is 5.22. The summed E-state index contributed by atoms with van der Waals surface area (Å²) in [6.45, 7) is 5.96. The van der Waals surface area contributed by atoms with Gasteiger partial charge in [0.05, 0.1) is 25.4 Å². The number of fused-ring (bicyclic) bond motifs is 2. The lowest BCUT2D eigenvalue weighted by Crippen LogP contribution is -2.31. The van der Waals surface area contributed by atoms with E-state index in [2.05, 4.69) is 22.6 Å². The van der Waals surface area contributed by atoms with E-state index in [9.17, 15) is 13.9 Å². The van der Waals surface area contributed by atoms with E-state index < -0.39 is 17.4 Å². The number of hydrogen-bond donors (Lipinski definition) is 2. The Balaban J connectivity index is 1.31. The fraction of sp³-hybridized carbons (Fsp3) is 0.615. The van der Waals surface area contributed by atoms with Crippen molar-refractivity contribution in [3.63, 3.8) is 0 Å². The minimum Gasteiger partial charge on any atom is -0.394 e. The van der Waals surface area contributed by atoms with Gasteiger partial charge >= 0.3 is 0 Å². The molecule has 6 rings (SSSR count). The van der Waals surface area contributed by atoms with Crippen molar-refractivity contribution in [2.75, 3.05) is 24.3 Å². The van der Waals surface area contributed by atoms with Crippen LogP contribution in [0.4, 0.5) is 14.6 Å². The molecule has 3 fully saturated rings. The molecule has 2 aliphatic carbocycles. The summed E-state index contributed by atoms with van der Waals surface area (Å²) in [4.78, 5) is 9.57. The molecular weight excluding hydrogens is 530 g/mol. The number of hydrogen-bond acceptors (Lipinski definition) is 10. The maximum atomic E-state index is 13.8. The van der Waals surface area contributed by atoms with Crippen LogP contribution < -0.4 is 5.32 Å². The first-order valence-electron chi connectivity index (χ1n) is 13.3. The lowest BCUT2D eigenvalue weighted by molar-refractivity contribution is -0.171. The van der Waals surface area contributed by atoms with E-state index in [0.717, 1.165) is 30.2 Å². The van der Waals surface area contributed by atoms with Gasteiger partial charge in [0.25, 0.3) is 0 Å². The molecule has 13 heteroatoms. The third-order valence-corrected chi connectivity index (χ3v) is 8.40. The number of nitrogens with zero attached hydrogens (tertiary/aromatic N) is 5. The SMILES string of the molecule is CCCSc1nc(NC2C[C@H]2c2ccc(F)c(F)c2)c2nnn([C@@H]3C[C@H](OCCO)[C@H]4OC(C)(C)OC34)c2n1. The second-order valence-corrected chi connectivity index (χ2v) is 11.7. The fourth-order valence-electron chi connectivity index (χ4n) is 5.55. The molecule has 1 saturated heterocycles. The van der Waals surface area contributed by atoms with Crippen LogP contribution in [0.15, 0.2) is 23.4 Å². The van der Waals surface area contributed by atoms with E-state index >= 15 is 0 Å². The van der Waals surface area contributed by atoms with Gasteiger partial charge in [0.2, 0.25) is 0 Å². The van der Waals surface area contributed by atoms with Crippen LogP contribution in [0.1, 0.15) is 57.6 Å². The monoisotopic (exact) mass is 562 g/mol. The zero-order chi connectivity index (χ0) is 27.3. The topological polar surface area (TPSA) is 116 Å². The molecule has 39 heavy (non-hydrogen) atoms. The van der Waals surface area contributed by atoms with Gasteiger partial charge in [0.1, 0.15) is 12.2 Å². The molecule has 2 saturated carbocycles. The maximum absolute atomic E-state index is 13.8. The summed E-state index contributed by atoms with van der Waals surface area (Å²) in [5, 5.41) is 22.3. The Morgan fingerprint density at radius 1 is 1.18 bits per heavy atom. The quantitative estimate of drug-likeness (QED) is 0.279. The molecule has 0 radical (unpaired) electrons. The number of benzene rings is 1. The third-order valence-electron chi connectivity index (χ3n) is 7.34. The molecule has 2 aromatic heterocycles. The van der Waals surface area contributed by atoms with Crippen molar-refractivity contribution in [3.8, 4) is 0 Å². The van der Waals surface area contributed by atoms with Crippen molar-refractivity contribution in [3.05, 3.63) is 35.4 Å². The molecule has 1 aliphatic heterocycles.